The number of hydrogen-bond donors (Lipinski definition) is 0. The standard InChI is InChI=1S/C11H12S/c1-2-9-12-10-8-11-6-4-3-5-7-11/h2-8,10H,1,9H2/b10-8-. The Balaban J connectivity index is 2.41. The summed E-state index contributed by atoms with van der Waals surface area (Å²) < 4.78 is 0. The lowest BCUT2D eigenvalue weighted by Crippen LogP contribution is -1.67. The van der Waals surface area contributed by atoms with Crippen molar-refractivity contribution in [3.63, 3.8) is 0 Å². The summed E-state index contributed by atoms with van der Waals surface area (Å²) >= 11 is 1.75. The van der Waals surface area contributed by atoms with Gasteiger partial charge in [0, 0.05) is 5.75 Å². The van der Waals surface area contributed by atoms with Gasteiger partial charge in [-0.25, -0.2) is 0 Å². The summed E-state index contributed by atoms with van der Waals surface area (Å²) in [7, 11) is 0. The molecular weight excluding hydrogens is 164 g/mol. The Kier molecular flexibility index (Phi) is 4.32. The quantitative estimate of drug-likeness (QED) is 0.499. The van der Waals surface area contributed by atoms with Gasteiger partial charge in [-0.1, -0.05) is 36.4 Å². The van der Waals surface area contributed by atoms with Crippen LogP contribution in [-0.4, -0.2) is 5.75 Å². The molecule has 0 aromatic heterocycles. The van der Waals surface area contributed by atoms with Gasteiger partial charge in [0.1, 0.15) is 0 Å². The van der Waals surface area contributed by atoms with Crippen molar-refractivity contribution in [1.29, 1.82) is 0 Å². The molecule has 0 heterocycles. The zero-order valence-electron chi connectivity index (χ0n) is 6.94. The molecule has 0 aliphatic rings. The van der Waals surface area contributed by atoms with Crippen LogP contribution in [0.3, 0.4) is 0 Å². The minimum absolute atomic E-state index is 0.976. The molecule has 62 valence electrons. The summed E-state index contributed by atoms with van der Waals surface area (Å²) in [4.78, 5) is 0. The lowest BCUT2D eigenvalue weighted by Gasteiger charge is -1.90. The first kappa shape index (κ1) is 9.14. The number of thioether (sulfide) groups is 1. The molecular formula is C11H12S. The first-order valence-corrected chi connectivity index (χ1v) is 4.92. The highest BCUT2D eigenvalue weighted by Crippen LogP contribution is 2.07. The largest absolute Gasteiger partial charge is 0.130 e. The molecule has 0 N–H and O–H groups in total. The molecule has 1 aromatic rings. The average molecular weight is 176 g/mol. The van der Waals surface area contributed by atoms with Gasteiger partial charge in [0.15, 0.2) is 0 Å². The van der Waals surface area contributed by atoms with Crippen LogP contribution in [0.25, 0.3) is 6.08 Å². The van der Waals surface area contributed by atoms with Crippen molar-refractivity contribution < 1.29 is 0 Å². The molecule has 0 saturated heterocycles. The summed E-state index contributed by atoms with van der Waals surface area (Å²) in [5, 5.41) is 2.09. The van der Waals surface area contributed by atoms with Crippen LogP contribution in [0.2, 0.25) is 0 Å². The van der Waals surface area contributed by atoms with Gasteiger partial charge in [-0.3, -0.25) is 0 Å². The Bertz CT molecular complexity index is 249. The highest BCUT2D eigenvalue weighted by atomic mass is 32.2. The van der Waals surface area contributed by atoms with E-state index >= 15 is 0 Å². The van der Waals surface area contributed by atoms with E-state index in [0.717, 1.165) is 5.75 Å². The van der Waals surface area contributed by atoms with Crippen LogP contribution in [0, 0.1) is 0 Å². The maximum Gasteiger partial charge on any atom is 0.0152 e. The zero-order chi connectivity index (χ0) is 8.65. The fourth-order valence-electron chi connectivity index (χ4n) is 0.814. The van der Waals surface area contributed by atoms with E-state index in [4.69, 9.17) is 0 Å². The molecule has 0 bridgehead atoms. The smallest absolute Gasteiger partial charge is 0.0152 e. The van der Waals surface area contributed by atoms with E-state index < -0.39 is 0 Å². The Morgan fingerprint density at radius 2 is 2.00 bits per heavy atom. The summed E-state index contributed by atoms with van der Waals surface area (Å²) in [5.74, 6) is 0.976. The third-order valence-electron chi connectivity index (χ3n) is 1.37. The normalized spacial score (nSPS) is 10.3. The molecule has 0 unspecified atom stereocenters. The van der Waals surface area contributed by atoms with Crippen molar-refractivity contribution in [2.75, 3.05) is 5.75 Å². The molecule has 0 aliphatic carbocycles. The van der Waals surface area contributed by atoms with Crippen LogP contribution in [0.1, 0.15) is 5.56 Å². The second-order valence-corrected chi connectivity index (χ2v) is 3.27. The van der Waals surface area contributed by atoms with E-state index in [1.165, 1.54) is 5.56 Å². The number of rotatable bonds is 4. The first-order chi connectivity index (χ1) is 5.93. The van der Waals surface area contributed by atoms with Gasteiger partial charge in [0.2, 0.25) is 0 Å². The predicted octanol–water partition coefficient (Wildman–Crippen LogP) is 3.58. The Hall–Kier alpha value is -0.950. The van der Waals surface area contributed by atoms with Gasteiger partial charge in [0.05, 0.1) is 0 Å². The Labute approximate surface area is 78.0 Å². The maximum atomic E-state index is 3.65. The predicted molar refractivity (Wildman–Crippen MR) is 58.1 cm³/mol. The van der Waals surface area contributed by atoms with E-state index in [2.05, 4.69) is 30.2 Å². The van der Waals surface area contributed by atoms with E-state index in [9.17, 15) is 0 Å². The zero-order valence-corrected chi connectivity index (χ0v) is 7.76. The number of hydrogen-bond acceptors (Lipinski definition) is 1. The monoisotopic (exact) mass is 176 g/mol. The van der Waals surface area contributed by atoms with Crippen LogP contribution in [0.4, 0.5) is 0 Å². The van der Waals surface area contributed by atoms with Gasteiger partial charge >= 0.3 is 0 Å². The van der Waals surface area contributed by atoms with Crippen LogP contribution in [0.5, 0.6) is 0 Å². The van der Waals surface area contributed by atoms with Crippen molar-refractivity contribution in [3.05, 3.63) is 54.0 Å². The van der Waals surface area contributed by atoms with E-state index in [1.807, 2.05) is 24.3 Å². The van der Waals surface area contributed by atoms with Crippen molar-refractivity contribution >= 4 is 17.8 Å². The third-order valence-corrected chi connectivity index (χ3v) is 2.13. The van der Waals surface area contributed by atoms with E-state index in [0.29, 0.717) is 0 Å². The molecule has 0 atom stereocenters. The lowest BCUT2D eigenvalue weighted by atomic mass is 10.2. The summed E-state index contributed by atoms with van der Waals surface area (Å²) in [6, 6.07) is 10.3. The minimum atomic E-state index is 0.976. The van der Waals surface area contributed by atoms with Crippen LogP contribution < -0.4 is 0 Å². The molecule has 1 aromatic carbocycles. The summed E-state index contributed by atoms with van der Waals surface area (Å²) in [5.41, 5.74) is 1.24. The molecule has 0 aliphatic heterocycles. The minimum Gasteiger partial charge on any atom is -0.130 e. The topological polar surface area (TPSA) is 0 Å². The van der Waals surface area contributed by atoms with Crippen molar-refractivity contribution in [3.8, 4) is 0 Å². The van der Waals surface area contributed by atoms with E-state index in [-0.39, 0.29) is 0 Å². The third kappa shape index (κ3) is 3.44. The van der Waals surface area contributed by atoms with Gasteiger partial charge in [-0.2, -0.15) is 0 Å². The van der Waals surface area contributed by atoms with Gasteiger partial charge < -0.3 is 0 Å². The molecule has 0 spiro atoms. The van der Waals surface area contributed by atoms with Gasteiger partial charge in [0.25, 0.3) is 0 Å². The molecule has 0 saturated carbocycles. The Morgan fingerprint density at radius 3 is 2.67 bits per heavy atom. The molecule has 0 amide bonds. The van der Waals surface area contributed by atoms with Crippen LogP contribution in [-0.2, 0) is 0 Å². The SMILES string of the molecule is C=CCS/C=C\c1ccccc1. The fraction of sp³-hybridized carbons (Fsp3) is 0.0909. The average Bonchev–Trinajstić information content (AvgIpc) is 2.14. The lowest BCUT2D eigenvalue weighted by molar-refractivity contribution is 1.66. The molecule has 1 rings (SSSR count). The first-order valence-electron chi connectivity index (χ1n) is 3.87. The molecule has 0 fully saturated rings. The second-order valence-electron chi connectivity index (χ2n) is 2.34. The van der Waals surface area contributed by atoms with Crippen molar-refractivity contribution in [2.45, 2.75) is 0 Å². The second kappa shape index (κ2) is 5.67. The molecule has 0 nitrogen and oxygen atoms in total. The molecule has 0 radical (unpaired) electrons. The van der Waals surface area contributed by atoms with Crippen molar-refractivity contribution in [2.24, 2.45) is 0 Å². The fourth-order valence-corrected chi connectivity index (χ4v) is 1.31. The summed E-state index contributed by atoms with van der Waals surface area (Å²) in [6.07, 6.45) is 4.01. The van der Waals surface area contributed by atoms with Gasteiger partial charge in [-0.15, -0.1) is 18.3 Å². The molecule has 1 heteroatoms. The van der Waals surface area contributed by atoms with Gasteiger partial charge in [-0.05, 0) is 17.0 Å². The number of benzene rings is 1. The maximum absolute atomic E-state index is 3.65. The van der Waals surface area contributed by atoms with Crippen molar-refractivity contribution in [1.82, 2.24) is 0 Å². The molecule has 12 heavy (non-hydrogen) atoms. The highest BCUT2D eigenvalue weighted by Gasteiger charge is 1.81. The van der Waals surface area contributed by atoms with E-state index in [1.54, 1.807) is 11.8 Å². The van der Waals surface area contributed by atoms with Crippen LogP contribution >= 0.6 is 11.8 Å². The van der Waals surface area contributed by atoms with Crippen LogP contribution in [0.15, 0.2) is 48.4 Å². The highest BCUT2D eigenvalue weighted by molar-refractivity contribution is 8.02. The summed E-state index contributed by atoms with van der Waals surface area (Å²) in [6.45, 7) is 3.65. The Morgan fingerprint density at radius 1 is 1.25 bits per heavy atom.